The molecule has 2 amide bonds. The van der Waals surface area contributed by atoms with Crippen LogP contribution < -0.4 is 16.4 Å². The van der Waals surface area contributed by atoms with Crippen LogP contribution in [0.25, 0.3) is 0 Å². The Bertz CT molecular complexity index is 321. The van der Waals surface area contributed by atoms with Crippen molar-refractivity contribution >= 4 is 11.8 Å². The number of nitrogens with two attached hydrogens (primary N) is 1. The summed E-state index contributed by atoms with van der Waals surface area (Å²) in [7, 11) is 0. The fraction of sp³-hybridized carbons (Fsp3) is 0.818. The lowest BCUT2D eigenvalue weighted by Gasteiger charge is -2.52. The van der Waals surface area contributed by atoms with Gasteiger partial charge in [0, 0.05) is 25.5 Å². The molecule has 0 aromatic heterocycles. The normalized spacial score (nSPS) is 35.4. The van der Waals surface area contributed by atoms with Gasteiger partial charge in [0.15, 0.2) is 0 Å². The van der Waals surface area contributed by atoms with E-state index in [-0.39, 0.29) is 36.5 Å². The maximum Gasteiger partial charge on any atom is 0.239 e. The molecule has 6 heteroatoms. The zero-order valence-corrected chi connectivity index (χ0v) is 9.94. The molecule has 96 valence electrons. The fourth-order valence-electron chi connectivity index (χ4n) is 2.57. The third-order valence-electron chi connectivity index (χ3n) is 3.50. The third-order valence-corrected chi connectivity index (χ3v) is 3.50. The van der Waals surface area contributed by atoms with E-state index in [4.69, 9.17) is 10.5 Å². The van der Waals surface area contributed by atoms with Gasteiger partial charge in [-0.15, -0.1) is 0 Å². The minimum absolute atomic E-state index is 0.00403. The van der Waals surface area contributed by atoms with Crippen LogP contribution in [-0.4, -0.2) is 43.2 Å². The van der Waals surface area contributed by atoms with Crippen molar-refractivity contribution in [3.8, 4) is 0 Å². The van der Waals surface area contributed by atoms with Gasteiger partial charge in [0.2, 0.25) is 11.8 Å². The number of hydrogen-bond acceptors (Lipinski definition) is 4. The lowest BCUT2D eigenvalue weighted by molar-refractivity contribution is -0.139. The number of nitrogens with one attached hydrogen (secondary N) is 2. The lowest BCUT2D eigenvalue weighted by atomic mass is 9.68. The number of amides is 2. The second-order valence-electron chi connectivity index (χ2n) is 4.72. The number of fused-ring (bicyclic) bond motifs is 1. The van der Waals surface area contributed by atoms with E-state index in [1.165, 1.54) is 6.92 Å². The molecule has 1 saturated heterocycles. The Balaban J connectivity index is 1.79. The van der Waals surface area contributed by atoms with Crippen molar-refractivity contribution < 1.29 is 14.3 Å². The van der Waals surface area contributed by atoms with Crippen LogP contribution in [0.4, 0.5) is 0 Å². The second-order valence-corrected chi connectivity index (χ2v) is 4.72. The van der Waals surface area contributed by atoms with Gasteiger partial charge in [-0.1, -0.05) is 0 Å². The van der Waals surface area contributed by atoms with Crippen LogP contribution >= 0.6 is 0 Å². The van der Waals surface area contributed by atoms with E-state index in [0.29, 0.717) is 5.92 Å². The Labute approximate surface area is 100 Å². The zero-order valence-electron chi connectivity index (χ0n) is 9.94. The van der Waals surface area contributed by atoms with Crippen molar-refractivity contribution in [2.75, 3.05) is 13.2 Å². The summed E-state index contributed by atoms with van der Waals surface area (Å²) in [5.74, 6) is -0.0621. The maximum absolute atomic E-state index is 11.5. The Morgan fingerprint density at radius 3 is 2.94 bits per heavy atom. The van der Waals surface area contributed by atoms with Gasteiger partial charge in [-0.3, -0.25) is 9.59 Å². The van der Waals surface area contributed by atoms with E-state index in [1.807, 2.05) is 0 Å². The highest BCUT2D eigenvalue weighted by Gasteiger charge is 2.50. The Kier molecular flexibility index (Phi) is 3.63. The summed E-state index contributed by atoms with van der Waals surface area (Å²) in [6.07, 6.45) is 2.17. The second kappa shape index (κ2) is 5.01. The molecule has 0 bridgehead atoms. The van der Waals surface area contributed by atoms with Crippen molar-refractivity contribution in [3.63, 3.8) is 0 Å². The predicted octanol–water partition coefficient (Wildman–Crippen LogP) is -1.26. The topological polar surface area (TPSA) is 93.5 Å². The van der Waals surface area contributed by atoms with Gasteiger partial charge in [0.25, 0.3) is 0 Å². The van der Waals surface area contributed by atoms with Gasteiger partial charge in [0.1, 0.15) is 0 Å². The van der Waals surface area contributed by atoms with Crippen molar-refractivity contribution in [2.45, 2.75) is 38.0 Å². The molecule has 2 rings (SSSR count). The maximum atomic E-state index is 11.5. The van der Waals surface area contributed by atoms with Gasteiger partial charge in [-0.2, -0.15) is 0 Å². The van der Waals surface area contributed by atoms with Gasteiger partial charge in [0.05, 0.1) is 18.7 Å². The largest absolute Gasteiger partial charge is 0.376 e. The molecular formula is C11H19N3O3. The lowest BCUT2D eigenvalue weighted by Crippen LogP contribution is -2.72. The standard InChI is InChI=1S/C11H19N3O3/c1-6(15)13-5-8(16)14-10-9(12)7-3-2-4-17-11(7)10/h7,9-11H,2-5,12H2,1H3,(H,13,15)(H,14,16). The fourth-order valence-corrected chi connectivity index (χ4v) is 2.57. The number of carbonyl (C=O) groups is 2. The van der Waals surface area contributed by atoms with Gasteiger partial charge in [-0.05, 0) is 12.8 Å². The molecule has 1 aliphatic carbocycles. The molecule has 2 fully saturated rings. The molecule has 17 heavy (non-hydrogen) atoms. The quantitative estimate of drug-likeness (QED) is 0.575. The minimum Gasteiger partial charge on any atom is -0.376 e. The summed E-state index contributed by atoms with van der Waals surface area (Å²) in [5.41, 5.74) is 6.00. The van der Waals surface area contributed by atoms with Crippen LogP contribution in [0.2, 0.25) is 0 Å². The van der Waals surface area contributed by atoms with Crippen LogP contribution in [0.3, 0.4) is 0 Å². The van der Waals surface area contributed by atoms with Gasteiger partial charge < -0.3 is 21.1 Å². The zero-order chi connectivity index (χ0) is 12.4. The summed E-state index contributed by atoms with van der Waals surface area (Å²) in [6.45, 7) is 2.12. The van der Waals surface area contributed by atoms with E-state index in [1.54, 1.807) is 0 Å². The highest BCUT2D eigenvalue weighted by atomic mass is 16.5. The molecule has 2 aliphatic rings. The Morgan fingerprint density at radius 1 is 1.47 bits per heavy atom. The van der Waals surface area contributed by atoms with E-state index >= 15 is 0 Å². The first kappa shape index (κ1) is 12.3. The summed E-state index contributed by atoms with van der Waals surface area (Å²) < 4.78 is 5.60. The molecular weight excluding hydrogens is 222 g/mol. The average molecular weight is 241 g/mol. The SMILES string of the molecule is CC(=O)NCC(=O)NC1C(N)C2CCCOC21. The number of ether oxygens (including phenoxy) is 1. The molecule has 4 atom stereocenters. The summed E-state index contributed by atoms with van der Waals surface area (Å²) in [6, 6.07) is -0.136. The van der Waals surface area contributed by atoms with Crippen molar-refractivity contribution in [2.24, 2.45) is 11.7 Å². The minimum atomic E-state index is -0.218. The number of hydrogen-bond donors (Lipinski definition) is 3. The van der Waals surface area contributed by atoms with Crippen LogP contribution in [0.1, 0.15) is 19.8 Å². The first-order chi connectivity index (χ1) is 8.09. The Morgan fingerprint density at radius 2 is 2.24 bits per heavy atom. The van der Waals surface area contributed by atoms with E-state index < -0.39 is 0 Å². The van der Waals surface area contributed by atoms with Crippen LogP contribution in [-0.2, 0) is 14.3 Å². The molecule has 0 aromatic rings. The summed E-state index contributed by atoms with van der Waals surface area (Å²) in [5, 5.41) is 5.27. The van der Waals surface area contributed by atoms with E-state index in [9.17, 15) is 9.59 Å². The molecule has 0 radical (unpaired) electrons. The summed E-state index contributed by atoms with van der Waals surface area (Å²) in [4.78, 5) is 22.2. The van der Waals surface area contributed by atoms with E-state index in [2.05, 4.69) is 10.6 Å². The molecule has 1 saturated carbocycles. The predicted molar refractivity (Wildman–Crippen MR) is 61.1 cm³/mol. The highest BCUT2D eigenvalue weighted by molar-refractivity contribution is 5.83. The van der Waals surface area contributed by atoms with Crippen LogP contribution in [0.5, 0.6) is 0 Å². The first-order valence-corrected chi connectivity index (χ1v) is 6.00. The Hall–Kier alpha value is -1.14. The van der Waals surface area contributed by atoms with Crippen LogP contribution in [0, 0.1) is 5.92 Å². The summed E-state index contributed by atoms with van der Waals surface area (Å²) >= 11 is 0. The molecule has 4 unspecified atom stereocenters. The molecule has 1 heterocycles. The number of carbonyl (C=O) groups excluding carboxylic acids is 2. The van der Waals surface area contributed by atoms with E-state index in [0.717, 1.165) is 19.4 Å². The molecule has 1 aliphatic heterocycles. The number of rotatable bonds is 3. The van der Waals surface area contributed by atoms with Gasteiger partial charge >= 0.3 is 0 Å². The van der Waals surface area contributed by atoms with Crippen LogP contribution in [0.15, 0.2) is 0 Å². The molecule has 6 nitrogen and oxygen atoms in total. The molecule has 4 N–H and O–H groups in total. The van der Waals surface area contributed by atoms with Crippen molar-refractivity contribution in [1.82, 2.24) is 10.6 Å². The van der Waals surface area contributed by atoms with Crippen molar-refractivity contribution in [1.29, 1.82) is 0 Å². The highest BCUT2D eigenvalue weighted by Crippen LogP contribution is 2.36. The monoisotopic (exact) mass is 241 g/mol. The average Bonchev–Trinajstić information content (AvgIpc) is 2.33. The molecule has 0 aromatic carbocycles. The smallest absolute Gasteiger partial charge is 0.239 e. The van der Waals surface area contributed by atoms with Gasteiger partial charge in [-0.25, -0.2) is 0 Å². The third kappa shape index (κ3) is 2.58. The van der Waals surface area contributed by atoms with Crippen molar-refractivity contribution in [3.05, 3.63) is 0 Å². The first-order valence-electron chi connectivity index (χ1n) is 6.00. The molecule has 0 spiro atoms.